The first kappa shape index (κ1) is 31.9. The van der Waals surface area contributed by atoms with Crippen molar-refractivity contribution in [1.82, 2.24) is 4.98 Å². The molecule has 4 heteroatoms. The van der Waals surface area contributed by atoms with Gasteiger partial charge in [0.2, 0.25) is 11.4 Å². The normalized spacial score (nSPS) is 17.5. The summed E-state index contributed by atoms with van der Waals surface area (Å²) in [5.74, 6) is 0.875. The Morgan fingerprint density at radius 1 is 1.07 bits per heavy atom. The van der Waals surface area contributed by atoms with E-state index in [2.05, 4.69) is 131 Å². The molecule has 0 saturated heterocycles. The van der Waals surface area contributed by atoms with Crippen molar-refractivity contribution < 1.29 is 8.98 Å². The van der Waals surface area contributed by atoms with Crippen LogP contribution in [0.4, 0.5) is 0 Å². The molecule has 6 rings (SSSR count). The molecule has 0 aliphatic carbocycles. The second-order valence-electron chi connectivity index (χ2n) is 14.7. The molecular formula is C42H49N2OSi+. The number of pyridine rings is 2. The highest BCUT2D eigenvalue weighted by Crippen LogP contribution is 2.43. The Balaban J connectivity index is 1.54. The van der Waals surface area contributed by atoms with Crippen LogP contribution in [-0.2, 0) is 6.42 Å². The zero-order valence-electron chi connectivity index (χ0n) is 28.8. The first-order chi connectivity index (χ1) is 22.0. The molecule has 46 heavy (non-hydrogen) atoms. The van der Waals surface area contributed by atoms with Crippen LogP contribution in [0, 0.1) is 12.8 Å². The van der Waals surface area contributed by atoms with Crippen LogP contribution in [0.15, 0.2) is 96.6 Å². The van der Waals surface area contributed by atoms with E-state index in [0.717, 1.165) is 58.3 Å². The van der Waals surface area contributed by atoms with Gasteiger partial charge in [-0.15, -0.1) is 0 Å². The van der Waals surface area contributed by atoms with Gasteiger partial charge in [-0.2, -0.15) is 4.57 Å². The Bertz CT molecular complexity index is 1990. The van der Waals surface area contributed by atoms with E-state index < -0.39 is 8.07 Å². The van der Waals surface area contributed by atoms with Gasteiger partial charge in [0.15, 0.2) is 17.5 Å². The van der Waals surface area contributed by atoms with Gasteiger partial charge in [-0.3, -0.25) is 0 Å². The van der Waals surface area contributed by atoms with Crippen LogP contribution in [0.3, 0.4) is 0 Å². The summed E-state index contributed by atoms with van der Waals surface area (Å²) in [6, 6.07) is 23.7. The summed E-state index contributed by atoms with van der Waals surface area (Å²) in [7, 11) is -1.14. The second-order valence-corrected chi connectivity index (χ2v) is 20.4. The number of aromatic nitrogens is 2. The Morgan fingerprint density at radius 2 is 1.83 bits per heavy atom. The number of rotatable bonds is 7. The first-order valence-corrected chi connectivity index (χ1v) is 20.7. The molecule has 0 fully saturated rings. The summed E-state index contributed by atoms with van der Waals surface area (Å²) >= 11 is 0. The van der Waals surface area contributed by atoms with Gasteiger partial charge in [0.05, 0.1) is 5.56 Å². The van der Waals surface area contributed by atoms with Gasteiger partial charge in [0, 0.05) is 42.6 Å². The van der Waals surface area contributed by atoms with Crippen molar-refractivity contribution in [2.45, 2.75) is 84.5 Å². The lowest BCUT2D eigenvalue weighted by Gasteiger charge is -2.26. The van der Waals surface area contributed by atoms with Crippen molar-refractivity contribution in [1.29, 1.82) is 0 Å². The number of nitrogens with zero attached hydrogens (tertiary/aromatic N) is 2. The third kappa shape index (κ3) is 6.08. The van der Waals surface area contributed by atoms with Crippen LogP contribution in [0.5, 0.6) is 0 Å². The van der Waals surface area contributed by atoms with Gasteiger partial charge in [-0.1, -0.05) is 102 Å². The molecule has 0 bridgehead atoms. The average Bonchev–Trinajstić information content (AvgIpc) is 3.40. The minimum absolute atomic E-state index is 0.202. The fourth-order valence-corrected chi connectivity index (χ4v) is 8.16. The molecule has 2 aromatic carbocycles. The zero-order valence-corrected chi connectivity index (χ0v) is 29.8. The van der Waals surface area contributed by atoms with Crippen LogP contribution in [0.25, 0.3) is 44.6 Å². The Kier molecular flexibility index (Phi) is 8.78. The average molecular weight is 626 g/mol. The Morgan fingerprint density at radius 3 is 2.57 bits per heavy atom. The highest BCUT2D eigenvalue weighted by Gasteiger charge is 2.35. The van der Waals surface area contributed by atoms with E-state index in [9.17, 15) is 0 Å². The molecule has 1 aliphatic heterocycles. The van der Waals surface area contributed by atoms with Crippen LogP contribution >= 0.6 is 0 Å². The van der Waals surface area contributed by atoms with E-state index in [1.165, 1.54) is 33.9 Å². The van der Waals surface area contributed by atoms with Crippen LogP contribution < -0.4 is 4.57 Å². The monoisotopic (exact) mass is 625 g/mol. The van der Waals surface area contributed by atoms with Crippen LogP contribution in [0.1, 0.15) is 73.4 Å². The number of benzene rings is 2. The minimum atomic E-state index is -1.14. The fraction of sp³-hybridized carbons (Fsp3) is 0.333. The first-order valence-electron chi connectivity index (χ1n) is 17.0. The van der Waals surface area contributed by atoms with Crippen molar-refractivity contribution in [3.8, 4) is 11.3 Å². The molecule has 0 amide bonds. The van der Waals surface area contributed by atoms with E-state index in [0.29, 0.717) is 11.6 Å². The Hall–Kier alpha value is -4.02. The van der Waals surface area contributed by atoms with Crippen molar-refractivity contribution in [2.24, 2.45) is 5.92 Å². The van der Waals surface area contributed by atoms with Gasteiger partial charge >= 0.3 is 0 Å². The van der Waals surface area contributed by atoms with Gasteiger partial charge in [-0.25, -0.2) is 4.98 Å². The molecule has 0 N–H and O–H groups in total. The maximum absolute atomic E-state index is 6.66. The third-order valence-electron chi connectivity index (χ3n) is 9.95. The van der Waals surface area contributed by atoms with Gasteiger partial charge in [-0.05, 0) is 84.6 Å². The summed E-state index contributed by atoms with van der Waals surface area (Å²) in [5.41, 5.74) is 12.5. The van der Waals surface area contributed by atoms with Crippen LogP contribution in [-0.4, -0.2) is 13.1 Å². The molecule has 2 atom stereocenters. The van der Waals surface area contributed by atoms with Gasteiger partial charge in [0.25, 0.3) is 0 Å². The number of aryl methyl sites for hydroxylation is 2. The summed E-state index contributed by atoms with van der Waals surface area (Å²) in [6.07, 6.45) is 9.72. The molecular weight excluding hydrogens is 577 g/mol. The number of hydrogen-bond acceptors (Lipinski definition) is 2. The standard InChI is InChI=1S/C42H49N2OSi/c1-10-31(14-13-25-46(7,8)9)35-15-11-12-16-36(35)34-21-18-32-19-22-37-38-20-17-28(4)43-42(38)45-41(37)40(32)39-26-33(27(2)3)23-24-44(39)30(6)29(34)5/h10-12,14-17,19-20,22-24,26-27,29,34H,1,6,13,18,21,25H2,2-5,7-9H3/q+1/b31-14+. The van der Waals surface area contributed by atoms with Gasteiger partial charge in [0.1, 0.15) is 0 Å². The number of allylic oxidation sites excluding steroid dienone is 4. The van der Waals surface area contributed by atoms with Crippen molar-refractivity contribution in [3.05, 3.63) is 120 Å². The quantitative estimate of drug-likeness (QED) is 0.102. The maximum Gasteiger partial charge on any atom is 0.227 e. The topological polar surface area (TPSA) is 29.9 Å². The zero-order chi connectivity index (χ0) is 32.7. The van der Waals surface area contributed by atoms with E-state index in [-0.39, 0.29) is 11.8 Å². The van der Waals surface area contributed by atoms with E-state index in [1.807, 2.05) is 6.92 Å². The third-order valence-corrected chi connectivity index (χ3v) is 11.7. The molecule has 0 spiro atoms. The SMILES string of the molecule is C=C/C(=C\CC[Si](C)(C)C)c1ccccc1C1CCc2ccc3c(oc4nc(C)ccc43)c2-c2cc(C(C)C)cc[n+]2C(=C)C1C. The molecule has 0 radical (unpaired) electrons. The summed E-state index contributed by atoms with van der Waals surface area (Å²) in [4.78, 5) is 4.77. The number of furan rings is 1. The molecule has 5 aromatic rings. The fourth-order valence-electron chi connectivity index (χ4n) is 7.15. The lowest BCUT2D eigenvalue weighted by atomic mass is 9.78. The summed E-state index contributed by atoms with van der Waals surface area (Å²) in [6.45, 7) is 25.3. The van der Waals surface area contributed by atoms with Crippen LogP contribution in [0.2, 0.25) is 25.7 Å². The second kappa shape index (κ2) is 12.6. The highest BCUT2D eigenvalue weighted by atomic mass is 28.3. The summed E-state index contributed by atoms with van der Waals surface area (Å²) in [5, 5.41) is 2.17. The molecule has 236 valence electrons. The molecule has 3 aromatic heterocycles. The lowest BCUT2D eigenvalue weighted by Crippen LogP contribution is -2.38. The van der Waals surface area contributed by atoms with Crippen molar-refractivity contribution in [3.63, 3.8) is 0 Å². The molecule has 1 aliphatic rings. The highest BCUT2D eigenvalue weighted by molar-refractivity contribution is 6.76. The van der Waals surface area contributed by atoms with Crippen molar-refractivity contribution in [2.75, 3.05) is 0 Å². The molecule has 3 nitrogen and oxygen atoms in total. The van der Waals surface area contributed by atoms with Gasteiger partial charge < -0.3 is 4.42 Å². The smallest absolute Gasteiger partial charge is 0.227 e. The van der Waals surface area contributed by atoms with E-state index in [4.69, 9.17) is 16.0 Å². The lowest BCUT2D eigenvalue weighted by molar-refractivity contribution is -0.574. The predicted octanol–water partition coefficient (Wildman–Crippen LogP) is 11.5. The van der Waals surface area contributed by atoms with E-state index >= 15 is 0 Å². The predicted molar refractivity (Wildman–Crippen MR) is 199 cm³/mol. The molecule has 4 heterocycles. The van der Waals surface area contributed by atoms with E-state index in [1.54, 1.807) is 0 Å². The minimum Gasteiger partial charge on any atom is -0.437 e. The molecule has 2 unspecified atom stereocenters. The number of hydrogen-bond donors (Lipinski definition) is 0. The Labute approximate surface area is 276 Å². The summed E-state index contributed by atoms with van der Waals surface area (Å²) < 4.78 is 8.99. The van der Waals surface area contributed by atoms with Crippen molar-refractivity contribution >= 4 is 41.4 Å². The maximum atomic E-state index is 6.66. The largest absolute Gasteiger partial charge is 0.437 e. The number of fused-ring (bicyclic) bond motifs is 7. The molecule has 0 saturated carbocycles.